The molecule has 0 unspecified atom stereocenters. The number of nitriles is 1. The number of aromatic nitrogens is 1. The van der Waals surface area contributed by atoms with Crippen molar-refractivity contribution in [3.8, 4) is 6.07 Å². The summed E-state index contributed by atoms with van der Waals surface area (Å²) in [5.74, 6) is 0. The number of nitrogens with one attached hydrogen (secondary N) is 1. The van der Waals surface area contributed by atoms with Gasteiger partial charge in [0.1, 0.15) is 0 Å². The van der Waals surface area contributed by atoms with Crippen LogP contribution in [0.4, 0.5) is 5.69 Å². The van der Waals surface area contributed by atoms with Gasteiger partial charge in [0.05, 0.1) is 12.5 Å². The molecule has 90 valence electrons. The highest BCUT2D eigenvalue weighted by Gasteiger charge is 1.95. The topological polar surface area (TPSA) is 48.7 Å². The molecule has 3 heteroatoms. The Morgan fingerprint density at radius 3 is 2.61 bits per heavy atom. The number of benzene rings is 1. The van der Waals surface area contributed by atoms with Gasteiger partial charge in [-0.25, -0.2) is 0 Å². The Labute approximate surface area is 107 Å². The van der Waals surface area contributed by atoms with E-state index in [4.69, 9.17) is 5.26 Å². The van der Waals surface area contributed by atoms with Gasteiger partial charge in [-0.1, -0.05) is 18.2 Å². The predicted octanol–water partition coefficient (Wildman–Crippen LogP) is 2.80. The molecule has 0 atom stereocenters. The normalized spacial score (nSPS) is 9.72. The fourth-order valence-electron chi connectivity index (χ4n) is 1.73. The zero-order valence-electron chi connectivity index (χ0n) is 10.1. The third-order valence-electron chi connectivity index (χ3n) is 2.70. The highest BCUT2D eigenvalue weighted by molar-refractivity contribution is 5.45. The maximum absolute atomic E-state index is 8.58. The summed E-state index contributed by atoms with van der Waals surface area (Å²) in [4.78, 5) is 4.08. The van der Waals surface area contributed by atoms with Crippen molar-refractivity contribution in [2.45, 2.75) is 12.8 Å². The SMILES string of the molecule is N#CCc1ccc(NCCc2cccnc2)cc1. The lowest BCUT2D eigenvalue weighted by Gasteiger charge is -2.06. The molecule has 0 radical (unpaired) electrons. The van der Waals surface area contributed by atoms with Gasteiger partial charge in [-0.3, -0.25) is 4.98 Å². The summed E-state index contributed by atoms with van der Waals surface area (Å²) >= 11 is 0. The first-order valence-corrected chi connectivity index (χ1v) is 5.97. The summed E-state index contributed by atoms with van der Waals surface area (Å²) in [6.07, 6.45) is 5.09. The number of nitrogens with zero attached hydrogens (tertiary/aromatic N) is 2. The molecule has 2 aromatic rings. The van der Waals surface area contributed by atoms with E-state index in [1.54, 1.807) is 6.20 Å². The monoisotopic (exact) mass is 237 g/mol. The molecule has 0 amide bonds. The van der Waals surface area contributed by atoms with Gasteiger partial charge < -0.3 is 5.32 Å². The third kappa shape index (κ3) is 3.60. The van der Waals surface area contributed by atoms with E-state index in [1.807, 2.05) is 36.5 Å². The highest BCUT2D eigenvalue weighted by atomic mass is 14.9. The molecule has 18 heavy (non-hydrogen) atoms. The first kappa shape index (κ1) is 12.1. The second-order valence-corrected chi connectivity index (χ2v) is 4.07. The molecular weight excluding hydrogens is 222 g/mol. The lowest BCUT2D eigenvalue weighted by Crippen LogP contribution is -2.04. The number of rotatable bonds is 5. The van der Waals surface area contributed by atoms with E-state index in [0.29, 0.717) is 6.42 Å². The fourth-order valence-corrected chi connectivity index (χ4v) is 1.73. The van der Waals surface area contributed by atoms with Crippen molar-refractivity contribution in [3.05, 3.63) is 59.9 Å². The minimum absolute atomic E-state index is 0.468. The number of anilines is 1. The maximum Gasteiger partial charge on any atom is 0.0669 e. The maximum atomic E-state index is 8.58. The van der Waals surface area contributed by atoms with Gasteiger partial charge >= 0.3 is 0 Å². The van der Waals surface area contributed by atoms with Crippen LogP contribution in [0.3, 0.4) is 0 Å². The Kier molecular flexibility index (Phi) is 4.32. The van der Waals surface area contributed by atoms with Gasteiger partial charge in [0, 0.05) is 24.6 Å². The van der Waals surface area contributed by atoms with Crippen LogP contribution in [-0.4, -0.2) is 11.5 Å². The van der Waals surface area contributed by atoms with Gasteiger partial charge in [0.15, 0.2) is 0 Å². The van der Waals surface area contributed by atoms with E-state index in [9.17, 15) is 0 Å². The second-order valence-electron chi connectivity index (χ2n) is 4.07. The Morgan fingerprint density at radius 2 is 1.94 bits per heavy atom. The molecule has 0 bridgehead atoms. The fraction of sp³-hybridized carbons (Fsp3) is 0.200. The average Bonchev–Trinajstić information content (AvgIpc) is 2.42. The molecule has 1 aromatic carbocycles. The van der Waals surface area contributed by atoms with Crippen LogP contribution in [0.15, 0.2) is 48.8 Å². The Hall–Kier alpha value is -2.34. The summed E-state index contributed by atoms with van der Waals surface area (Å²) in [6.45, 7) is 0.878. The van der Waals surface area contributed by atoms with E-state index in [1.165, 1.54) is 5.56 Å². The van der Waals surface area contributed by atoms with Crippen LogP contribution < -0.4 is 5.32 Å². The zero-order valence-corrected chi connectivity index (χ0v) is 10.1. The van der Waals surface area contributed by atoms with E-state index >= 15 is 0 Å². The van der Waals surface area contributed by atoms with Crippen molar-refractivity contribution in [2.75, 3.05) is 11.9 Å². The number of hydrogen-bond donors (Lipinski definition) is 1. The third-order valence-corrected chi connectivity index (χ3v) is 2.70. The standard InChI is InChI=1S/C15H15N3/c16-9-7-13-3-5-15(6-4-13)18-11-8-14-2-1-10-17-12-14/h1-6,10,12,18H,7-8,11H2. The van der Waals surface area contributed by atoms with Gasteiger partial charge in [0.2, 0.25) is 0 Å². The van der Waals surface area contributed by atoms with Crippen LogP contribution in [0, 0.1) is 11.3 Å². The predicted molar refractivity (Wildman–Crippen MR) is 72.2 cm³/mol. The molecule has 0 saturated carbocycles. The van der Waals surface area contributed by atoms with Crippen molar-refractivity contribution in [2.24, 2.45) is 0 Å². The molecule has 0 saturated heterocycles. The van der Waals surface area contributed by atoms with Gasteiger partial charge in [-0.2, -0.15) is 5.26 Å². The van der Waals surface area contributed by atoms with E-state index < -0.39 is 0 Å². The number of pyridine rings is 1. The summed E-state index contributed by atoms with van der Waals surface area (Å²) in [5.41, 5.74) is 3.36. The quantitative estimate of drug-likeness (QED) is 0.869. The largest absolute Gasteiger partial charge is 0.385 e. The zero-order chi connectivity index (χ0) is 12.6. The lowest BCUT2D eigenvalue weighted by molar-refractivity contribution is 1.00. The summed E-state index contributed by atoms with van der Waals surface area (Å²) < 4.78 is 0. The van der Waals surface area contributed by atoms with Gasteiger partial charge in [-0.15, -0.1) is 0 Å². The molecule has 3 nitrogen and oxygen atoms in total. The molecule has 0 spiro atoms. The van der Waals surface area contributed by atoms with Crippen molar-refractivity contribution in [1.82, 2.24) is 4.98 Å². The molecule has 2 rings (SSSR count). The number of hydrogen-bond acceptors (Lipinski definition) is 3. The molecule has 1 N–H and O–H groups in total. The van der Waals surface area contributed by atoms with Gasteiger partial charge in [0.25, 0.3) is 0 Å². The Bertz CT molecular complexity index is 512. The van der Waals surface area contributed by atoms with Crippen molar-refractivity contribution >= 4 is 5.69 Å². The summed E-state index contributed by atoms with van der Waals surface area (Å²) in [7, 11) is 0. The molecule has 1 aromatic heterocycles. The minimum atomic E-state index is 0.468. The van der Waals surface area contributed by atoms with E-state index in [0.717, 1.165) is 24.2 Å². The second kappa shape index (κ2) is 6.41. The smallest absolute Gasteiger partial charge is 0.0669 e. The van der Waals surface area contributed by atoms with Crippen LogP contribution in [0.5, 0.6) is 0 Å². The van der Waals surface area contributed by atoms with E-state index in [-0.39, 0.29) is 0 Å². The lowest BCUT2D eigenvalue weighted by atomic mass is 10.1. The molecule has 0 aliphatic carbocycles. The molecule has 0 aliphatic heterocycles. The summed E-state index contributed by atoms with van der Waals surface area (Å²) in [6, 6.07) is 14.1. The highest BCUT2D eigenvalue weighted by Crippen LogP contribution is 2.10. The van der Waals surface area contributed by atoms with Crippen LogP contribution in [0.2, 0.25) is 0 Å². The Balaban J connectivity index is 1.82. The molecular formula is C15H15N3. The van der Waals surface area contributed by atoms with Crippen LogP contribution in [-0.2, 0) is 12.8 Å². The first-order chi connectivity index (χ1) is 8.88. The first-order valence-electron chi connectivity index (χ1n) is 5.97. The van der Waals surface area contributed by atoms with Crippen LogP contribution >= 0.6 is 0 Å². The Morgan fingerprint density at radius 1 is 1.11 bits per heavy atom. The van der Waals surface area contributed by atoms with Crippen molar-refractivity contribution in [3.63, 3.8) is 0 Å². The molecule has 0 aliphatic rings. The van der Waals surface area contributed by atoms with Crippen molar-refractivity contribution < 1.29 is 0 Å². The van der Waals surface area contributed by atoms with Crippen LogP contribution in [0.25, 0.3) is 0 Å². The molecule has 1 heterocycles. The summed E-state index contributed by atoms with van der Waals surface area (Å²) in [5, 5.41) is 11.9. The van der Waals surface area contributed by atoms with E-state index in [2.05, 4.69) is 22.4 Å². The molecule has 0 fully saturated rings. The van der Waals surface area contributed by atoms with Crippen molar-refractivity contribution in [1.29, 1.82) is 5.26 Å². The van der Waals surface area contributed by atoms with Crippen LogP contribution in [0.1, 0.15) is 11.1 Å². The average molecular weight is 237 g/mol. The van der Waals surface area contributed by atoms with Gasteiger partial charge in [-0.05, 0) is 35.7 Å². The minimum Gasteiger partial charge on any atom is -0.385 e.